The lowest BCUT2D eigenvalue weighted by Gasteiger charge is -2.27. The average molecular weight is 274 g/mol. The molecule has 0 aliphatic carbocycles. The van der Waals surface area contributed by atoms with Gasteiger partial charge in [0, 0.05) is 13.1 Å². The molecule has 98 valence electrons. The fourth-order valence-electron chi connectivity index (χ4n) is 2.28. The first kappa shape index (κ1) is 12.3. The fourth-order valence-corrected chi connectivity index (χ4v) is 2.74. The van der Waals surface area contributed by atoms with Crippen molar-refractivity contribution in [2.24, 2.45) is 0 Å². The maximum Gasteiger partial charge on any atom is 0.240 e. The smallest absolute Gasteiger partial charge is 0.240 e. The van der Waals surface area contributed by atoms with Crippen molar-refractivity contribution in [1.82, 2.24) is 15.1 Å². The van der Waals surface area contributed by atoms with Crippen molar-refractivity contribution in [3.8, 4) is 0 Å². The highest BCUT2D eigenvalue weighted by Gasteiger charge is 2.18. The Kier molecular flexibility index (Phi) is 3.52. The number of anilines is 1. The van der Waals surface area contributed by atoms with Crippen LogP contribution in [-0.2, 0) is 17.8 Å². The van der Waals surface area contributed by atoms with Crippen LogP contribution in [0.1, 0.15) is 11.1 Å². The molecular weight excluding hydrogens is 260 g/mol. The van der Waals surface area contributed by atoms with Gasteiger partial charge in [0.15, 0.2) is 0 Å². The number of carbonyl (C=O) groups is 1. The molecule has 1 N–H and O–H groups in total. The number of nitrogens with one attached hydrogen (secondary N) is 1. The van der Waals surface area contributed by atoms with Crippen LogP contribution in [0, 0.1) is 0 Å². The summed E-state index contributed by atoms with van der Waals surface area (Å²) in [5.41, 5.74) is 4.31. The third-order valence-corrected chi connectivity index (χ3v) is 3.79. The Balaban J connectivity index is 1.58. The summed E-state index contributed by atoms with van der Waals surface area (Å²) >= 11 is 1.33. The van der Waals surface area contributed by atoms with Crippen LogP contribution in [0.3, 0.4) is 0 Å². The molecule has 1 aromatic heterocycles. The number of hydrogen-bond acceptors (Lipinski definition) is 5. The van der Waals surface area contributed by atoms with E-state index in [-0.39, 0.29) is 5.91 Å². The van der Waals surface area contributed by atoms with Crippen LogP contribution in [0.4, 0.5) is 5.13 Å². The van der Waals surface area contributed by atoms with E-state index in [4.69, 9.17) is 0 Å². The molecule has 2 heterocycles. The van der Waals surface area contributed by atoms with Crippen LogP contribution in [0.25, 0.3) is 0 Å². The molecule has 0 atom stereocenters. The van der Waals surface area contributed by atoms with Gasteiger partial charge in [-0.25, -0.2) is 0 Å². The quantitative estimate of drug-likeness (QED) is 0.922. The summed E-state index contributed by atoms with van der Waals surface area (Å²) in [5.74, 6) is -0.0314. The van der Waals surface area contributed by atoms with E-state index in [1.807, 2.05) is 6.07 Å². The topological polar surface area (TPSA) is 58.1 Å². The molecule has 0 unspecified atom stereocenters. The van der Waals surface area contributed by atoms with Crippen LogP contribution >= 0.6 is 11.3 Å². The molecule has 0 spiro atoms. The Labute approximate surface area is 115 Å². The van der Waals surface area contributed by atoms with Gasteiger partial charge in [0.05, 0.1) is 6.54 Å². The van der Waals surface area contributed by atoms with E-state index >= 15 is 0 Å². The van der Waals surface area contributed by atoms with E-state index in [9.17, 15) is 4.79 Å². The lowest BCUT2D eigenvalue weighted by molar-refractivity contribution is -0.117. The first-order valence-corrected chi connectivity index (χ1v) is 7.04. The third-order valence-electron chi connectivity index (χ3n) is 3.18. The van der Waals surface area contributed by atoms with Gasteiger partial charge < -0.3 is 0 Å². The number of aromatic nitrogens is 2. The second-order valence-corrected chi connectivity index (χ2v) is 5.35. The second-order valence-electron chi connectivity index (χ2n) is 4.52. The second kappa shape index (κ2) is 5.46. The lowest BCUT2D eigenvalue weighted by Crippen LogP contribution is -2.37. The molecule has 0 bridgehead atoms. The molecule has 19 heavy (non-hydrogen) atoms. The van der Waals surface area contributed by atoms with E-state index in [0.29, 0.717) is 11.7 Å². The Hall–Kier alpha value is -1.79. The monoisotopic (exact) mass is 274 g/mol. The number of nitrogens with zero attached hydrogens (tertiary/aromatic N) is 3. The van der Waals surface area contributed by atoms with E-state index in [1.54, 1.807) is 5.51 Å². The minimum Gasteiger partial charge on any atom is -0.299 e. The average Bonchev–Trinajstić information content (AvgIpc) is 2.91. The molecule has 1 aromatic carbocycles. The molecule has 1 amide bonds. The van der Waals surface area contributed by atoms with Crippen molar-refractivity contribution >= 4 is 22.4 Å². The van der Waals surface area contributed by atoms with Gasteiger partial charge in [-0.05, 0) is 17.5 Å². The molecule has 1 aliphatic heterocycles. The molecule has 0 saturated carbocycles. The zero-order valence-electron chi connectivity index (χ0n) is 10.4. The zero-order chi connectivity index (χ0) is 13.1. The van der Waals surface area contributed by atoms with Crippen LogP contribution in [0.5, 0.6) is 0 Å². The molecule has 5 nitrogen and oxygen atoms in total. The Morgan fingerprint density at radius 3 is 3.00 bits per heavy atom. The standard InChI is InChI=1S/C13H14N4OS/c18-12(15-13-16-14-9-19-13)8-17-6-5-10-3-1-2-4-11(10)7-17/h1-4,9H,5-8H2,(H,15,16,18). The maximum absolute atomic E-state index is 11.9. The highest BCUT2D eigenvalue weighted by atomic mass is 32.1. The molecule has 0 radical (unpaired) electrons. The van der Waals surface area contributed by atoms with E-state index in [2.05, 4.69) is 38.6 Å². The Morgan fingerprint density at radius 2 is 2.21 bits per heavy atom. The summed E-state index contributed by atoms with van der Waals surface area (Å²) in [4.78, 5) is 14.0. The lowest BCUT2D eigenvalue weighted by atomic mass is 10.00. The Morgan fingerprint density at radius 1 is 1.37 bits per heavy atom. The van der Waals surface area contributed by atoms with Crippen molar-refractivity contribution in [3.63, 3.8) is 0 Å². The number of rotatable bonds is 3. The van der Waals surface area contributed by atoms with Crippen molar-refractivity contribution in [2.45, 2.75) is 13.0 Å². The highest BCUT2D eigenvalue weighted by Crippen LogP contribution is 2.18. The number of amides is 1. The van der Waals surface area contributed by atoms with Gasteiger partial charge in [-0.2, -0.15) is 0 Å². The Bertz CT molecular complexity index is 570. The SMILES string of the molecule is O=C(CN1CCc2ccccc2C1)Nc1nncs1. The van der Waals surface area contributed by atoms with Gasteiger partial charge in [-0.15, -0.1) is 10.2 Å². The molecule has 2 aromatic rings. The van der Waals surface area contributed by atoms with Crippen molar-refractivity contribution in [1.29, 1.82) is 0 Å². The van der Waals surface area contributed by atoms with Crippen LogP contribution in [-0.4, -0.2) is 34.1 Å². The summed E-state index contributed by atoms with van der Waals surface area (Å²) < 4.78 is 0. The van der Waals surface area contributed by atoms with E-state index in [0.717, 1.165) is 19.5 Å². The molecule has 6 heteroatoms. The van der Waals surface area contributed by atoms with Crippen molar-refractivity contribution < 1.29 is 4.79 Å². The predicted octanol–water partition coefficient (Wildman–Crippen LogP) is 1.53. The number of fused-ring (bicyclic) bond motifs is 1. The van der Waals surface area contributed by atoms with Crippen molar-refractivity contribution in [3.05, 3.63) is 40.9 Å². The van der Waals surface area contributed by atoms with Gasteiger partial charge in [0.1, 0.15) is 5.51 Å². The minimum atomic E-state index is -0.0314. The molecule has 1 aliphatic rings. The summed E-state index contributed by atoms with van der Waals surface area (Å²) in [6.45, 7) is 2.15. The van der Waals surface area contributed by atoms with E-state index < -0.39 is 0 Å². The van der Waals surface area contributed by atoms with Crippen LogP contribution in [0.2, 0.25) is 0 Å². The molecule has 0 fully saturated rings. The first-order valence-electron chi connectivity index (χ1n) is 6.16. The van der Waals surface area contributed by atoms with Gasteiger partial charge in [-0.3, -0.25) is 15.0 Å². The molecule has 0 saturated heterocycles. The summed E-state index contributed by atoms with van der Waals surface area (Å²) in [6.07, 6.45) is 1.00. The zero-order valence-corrected chi connectivity index (χ0v) is 11.2. The van der Waals surface area contributed by atoms with E-state index in [1.165, 1.54) is 22.5 Å². The molecular formula is C13H14N4OS. The maximum atomic E-state index is 11.9. The third kappa shape index (κ3) is 2.97. The largest absolute Gasteiger partial charge is 0.299 e. The predicted molar refractivity (Wildman–Crippen MR) is 74.0 cm³/mol. The summed E-state index contributed by atoms with van der Waals surface area (Å²) in [5, 5.41) is 10.8. The highest BCUT2D eigenvalue weighted by molar-refractivity contribution is 7.13. The van der Waals surface area contributed by atoms with Gasteiger partial charge in [0.2, 0.25) is 11.0 Å². The fraction of sp³-hybridized carbons (Fsp3) is 0.308. The summed E-state index contributed by atoms with van der Waals surface area (Å²) in [6, 6.07) is 8.40. The number of hydrogen-bond donors (Lipinski definition) is 1. The van der Waals surface area contributed by atoms with Crippen LogP contribution < -0.4 is 5.32 Å². The number of carbonyl (C=O) groups excluding carboxylic acids is 1. The normalized spacial score (nSPS) is 14.9. The summed E-state index contributed by atoms with van der Waals surface area (Å²) in [7, 11) is 0. The number of benzene rings is 1. The minimum absolute atomic E-state index is 0.0314. The first-order chi connectivity index (χ1) is 9.31. The van der Waals surface area contributed by atoms with Gasteiger partial charge in [-0.1, -0.05) is 35.6 Å². The molecule has 3 rings (SSSR count). The van der Waals surface area contributed by atoms with Crippen LogP contribution in [0.15, 0.2) is 29.8 Å². The van der Waals surface area contributed by atoms with Gasteiger partial charge in [0.25, 0.3) is 0 Å². The van der Waals surface area contributed by atoms with Gasteiger partial charge >= 0.3 is 0 Å². The van der Waals surface area contributed by atoms with Crippen molar-refractivity contribution in [2.75, 3.05) is 18.4 Å².